The molecule has 0 saturated heterocycles. The lowest BCUT2D eigenvalue weighted by Crippen LogP contribution is -2.24. The highest BCUT2D eigenvalue weighted by Gasteiger charge is 2.11. The van der Waals surface area contributed by atoms with E-state index in [2.05, 4.69) is 34.6 Å². The van der Waals surface area contributed by atoms with E-state index in [1.54, 1.807) is 0 Å². The van der Waals surface area contributed by atoms with Crippen molar-refractivity contribution in [3.63, 3.8) is 0 Å². The van der Waals surface area contributed by atoms with Gasteiger partial charge in [-0.25, -0.2) is 4.98 Å². The zero-order chi connectivity index (χ0) is 17.8. The Hall–Kier alpha value is -2.98. The van der Waals surface area contributed by atoms with Gasteiger partial charge >= 0.3 is 0 Å². The Morgan fingerprint density at radius 1 is 0.923 bits per heavy atom. The van der Waals surface area contributed by atoms with Gasteiger partial charge in [-0.3, -0.25) is 4.79 Å². The van der Waals surface area contributed by atoms with Crippen molar-refractivity contribution >= 4 is 28.0 Å². The number of aromatic nitrogens is 1. The smallest absolute Gasteiger partial charge is 0.227 e. The van der Waals surface area contributed by atoms with Crippen LogP contribution in [0.15, 0.2) is 78.2 Å². The summed E-state index contributed by atoms with van der Waals surface area (Å²) in [4.78, 5) is 16.9. The van der Waals surface area contributed by atoms with Gasteiger partial charge < -0.3 is 5.32 Å². The molecule has 0 bridgehead atoms. The number of carbonyl (C=O) groups excluding carboxylic acids is 1. The predicted molar refractivity (Wildman–Crippen MR) is 107 cm³/mol. The van der Waals surface area contributed by atoms with E-state index in [-0.39, 0.29) is 5.91 Å². The molecule has 0 saturated carbocycles. The molecular weight excluding hydrogens is 340 g/mol. The first-order valence-electron chi connectivity index (χ1n) is 8.53. The van der Waals surface area contributed by atoms with Gasteiger partial charge in [0, 0.05) is 17.5 Å². The summed E-state index contributed by atoms with van der Waals surface area (Å²) in [6.45, 7) is 0.543. The Kier molecular flexibility index (Phi) is 4.75. The van der Waals surface area contributed by atoms with Gasteiger partial charge in [0.15, 0.2) is 0 Å². The Morgan fingerprint density at radius 3 is 2.58 bits per heavy atom. The summed E-state index contributed by atoms with van der Waals surface area (Å²) in [6, 6.07) is 24.4. The third-order valence-electron chi connectivity index (χ3n) is 4.26. The monoisotopic (exact) mass is 358 g/mol. The maximum absolute atomic E-state index is 12.2. The molecule has 0 unspecified atom stereocenters. The highest BCUT2D eigenvalue weighted by molar-refractivity contribution is 7.10. The van der Waals surface area contributed by atoms with Crippen molar-refractivity contribution in [2.45, 2.75) is 13.0 Å². The average molecular weight is 358 g/mol. The van der Waals surface area contributed by atoms with Crippen molar-refractivity contribution in [3.8, 4) is 11.3 Å². The molecule has 0 aliphatic rings. The zero-order valence-corrected chi connectivity index (χ0v) is 15.0. The largest absolute Gasteiger partial charge is 0.352 e. The van der Waals surface area contributed by atoms with E-state index in [1.807, 2.05) is 53.9 Å². The lowest BCUT2D eigenvalue weighted by Gasteiger charge is -2.04. The fraction of sp³-hybridized carbons (Fsp3) is 0.0909. The number of hydrogen-bond acceptors (Lipinski definition) is 3. The van der Waals surface area contributed by atoms with Crippen LogP contribution in [-0.4, -0.2) is 10.9 Å². The number of amides is 1. The Balaban J connectivity index is 1.47. The van der Waals surface area contributed by atoms with Gasteiger partial charge in [0.1, 0.15) is 5.01 Å². The number of carbonyl (C=O) groups is 1. The standard InChI is InChI=1S/C22H18N2OS/c25-21(23-14-16-7-2-1-3-8-16)13-22-24-20(15-26-22)19-12-6-10-17-9-4-5-11-18(17)19/h1-12,15H,13-14H2,(H,23,25). The molecule has 4 aromatic rings. The second-order valence-corrected chi connectivity index (χ2v) is 7.03. The third-order valence-corrected chi connectivity index (χ3v) is 5.11. The number of rotatable bonds is 5. The number of thiazole rings is 1. The molecule has 1 aromatic heterocycles. The molecule has 4 heteroatoms. The molecule has 4 rings (SSSR count). The van der Waals surface area contributed by atoms with Crippen LogP contribution in [0.4, 0.5) is 0 Å². The Bertz CT molecular complexity index is 1030. The second kappa shape index (κ2) is 7.50. The first-order valence-corrected chi connectivity index (χ1v) is 9.41. The van der Waals surface area contributed by atoms with E-state index in [0.717, 1.165) is 21.8 Å². The first-order chi connectivity index (χ1) is 12.8. The topological polar surface area (TPSA) is 42.0 Å². The van der Waals surface area contributed by atoms with Gasteiger partial charge in [-0.2, -0.15) is 0 Å². The molecule has 1 N–H and O–H groups in total. The summed E-state index contributed by atoms with van der Waals surface area (Å²) >= 11 is 1.53. The molecule has 0 radical (unpaired) electrons. The van der Waals surface area contributed by atoms with E-state index in [1.165, 1.54) is 22.1 Å². The number of nitrogens with one attached hydrogen (secondary N) is 1. The molecule has 26 heavy (non-hydrogen) atoms. The molecule has 128 valence electrons. The summed E-state index contributed by atoms with van der Waals surface area (Å²) in [6.07, 6.45) is 0.308. The van der Waals surface area contributed by atoms with Gasteiger partial charge in [-0.1, -0.05) is 72.8 Å². The van der Waals surface area contributed by atoms with Crippen LogP contribution < -0.4 is 5.32 Å². The third kappa shape index (κ3) is 3.65. The van der Waals surface area contributed by atoms with E-state index in [0.29, 0.717) is 13.0 Å². The maximum atomic E-state index is 12.2. The van der Waals surface area contributed by atoms with Gasteiger partial charge in [0.2, 0.25) is 5.91 Å². The summed E-state index contributed by atoms with van der Waals surface area (Å²) in [5, 5.41) is 8.19. The molecule has 1 heterocycles. The van der Waals surface area contributed by atoms with Crippen LogP contribution in [0.25, 0.3) is 22.0 Å². The number of nitrogens with zero attached hydrogens (tertiary/aromatic N) is 1. The minimum atomic E-state index is -0.00678. The molecule has 3 nitrogen and oxygen atoms in total. The highest BCUT2D eigenvalue weighted by atomic mass is 32.1. The van der Waals surface area contributed by atoms with Gasteiger partial charge in [-0.15, -0.1) is 11.3 Å². The van der Waals surface area contributed by atoms with Crippen LogP contribution in [-0.2, 0) is 17.8 Å². The minimum Gasteiger partial charge on any atom is -0.352 e. The SMILES string of the molecule is O=C(Cc1nc(-c2cccc3ccccc23)cs1)NCc1ccccc1. The van der Waals surface area contributed by atoms with Crippen molar-refractivity contribution in [2.75, 3.05) is 0 Å². The average Bonchev–Trinajstić information content (AvgIpc) is 3.15. The zero-order valence-electron chi connectivity index (χ0n) is 14.2. The molecule has 0 aliphatic heterocycles. The fourth-order valence-corrected chi connectivity index (χ4v) is 3.75. The molecule has 0 fully saturated rings. The van der Waals surface area contributed by atoms with Crippen LogP contribution in [0.2, 0.25) is 0 Å². The van der Waals surface area contributed by atoms with E-state index < -0.39 is 0 Å². The Morgan fingerprint density at radius 2 is 1.69 bits per heavy atom. The van der Waals surface area contributed by atoms with E-state index >= 15 is 0 Å². The quantitative estimate of drug-likeness (QED) is 0.556. The summed E-state index contributed by atoms with van der Waals surface area (Å²) < 4.78 is 0. The van der Waals surface area contributed by atoms with Crippen molar-refractivity contribution in [1.29, 1.82) is 0 Å². The fourth-order valence-electron chi connectivity index (χ4n) is 2.96. The van der Waals surface area contributed by atoms with Crippen molar-refractivity contribution in [1.82, 2.24) is 10.3 Å². The summed E-state index contributed by atoms with van der Waals surface area (Å²) in [5.41, 5.74) is 3.13. The highest BCUT2D eigenvalue weighted by Crippen LogP contribution is 2.29. The maximum Gasteiger partial charge on any atom is 0.227 e. The van der Waals surface area contributed by atoms with Crippen LogP contribution in [0, 0.1) is 0 Å². The number of benzene rings is 3. The second-order valence-electron chi connectivity index (χ2n) is 6.09. The van der Waals surface area contributed by atoms with E-state index in [9.17, 15) is 4.79 Å². The Labute approximate surface area is 156 Å². The molecule has 0 aliphatic carbocycles. The molecule has 1 amide bonds. The first kappa shape index (κ1) is 16.5. The van der Waals surface area contributed by atoms with Crippen molar-refractivity contribution in [3.05, 3.63) is 88.7 Å². The molecule has 0 spiro atoms. The van der Waals surface area contributed by atoms with Gasteiger partial charge in [0.25, 0.3) is 0 Å². The van der Waals surface area contributed by atoms with Gasteiger partial charge in [-0.05, 0) is 16.3 Å². The van der Waals surface area contributed by atoms with Crippen molar-refractivity contribution in [2.24, 2.45) is 0 Å². The van der Waals surface area contributed by atoms with Gasteiger partial charge in [0.05, 0.1) is 12.1 Å². The van der Waals surface area contributed by atoms with Crippen LogP contribution >= 0.6 is 11.3 Å². The lowest BCUT2D eigenvalue weighted by molar-refractivity contribution is -0.120. The number of hydrogen-bond donors (Lipinski definition) is 1. The molecule has 3 aromatic carbocycles. The van der Waals surface area contributed by atoms with E-state index in [4.69, 9.17) is 0 Å². The predicted octanol–water partition coefficient (Wildman–Crippen LogP) is 4.82. The van der Waals surface area contributed by atoms with Crippen molar-refractivity contribution < 1.29 is 4.79 Å². The normalized spacial score (nSPS) is 10.8. The number of fused-ring (bicyclic) bond motifs is 1. The van der Waals surface area contributed by atoms with Crippen LogP contribution in [0.1, 0.15) is 10.6 Å². The van der Waals surface area contributed by atoms with Crippen LogP contribution in [0.3, 0.4) is 0 Å². The molecule has 0 atom stereocenters. The van der Waals surface area contributed by atoms with Crippen LogP contribution in [0.5, 0.6) is 0 Å². The lowest BCUT2D eigenvalue weighted by atomic mass is 10.0. The summed E-state index contributed by atoms with van der Waals surface area (Å²) in [5.74, 6) is -0.00678. The minimum absolute atomic E-state index is 0.00678. The summed E-state index contributed by atoms with van der Waals surface area (Å²) in [7, 11) is 0. The molecular formula is C22H18N2OS.